The van der Waals surface area contributed by atoms with Gasteiger partial charge in [-0.2, -0.15) is 0 Å². The van der Waals surface area contributed by atoms with Gasteiger partial charge in [-0.25, -0.2) is 8.42 Å². The Kier molecular flexibility index (Phi) is 11.1. The Bertz CT molecular complexity index is 1460. The van der Waals surface area contributed by atoms with Crippen LogP contribution in [-0.4, -0.2) is 57.5 Å². The number of methoxy groups -OCH3 is 1. The zero-order valence-corrected chi connectivity index (χ0v) is 25.9. The molecular formula is C33H41N3O6S. The summed E-state index contributed by atoms with van der Waals surface area (Å²) in [5.74, 6) is 0.267. The summed E-state index contributed by atoms with van der Waals surface area (Å²) in [6.07, 6.45) is 4.29. The van der Waals surface area contributed by atoms with Crippen molar-refractivity contribution < 1.29 is 27.5 Å². The van der Waals surface area contributed by atoms with E-state index in [4.69, 9.17) is 9.47 Å². The van der Waals surface area contributed by atoms with Crippen molar-refractivity contribution in [3.63, 3.8) is 0 Å². The molecular weight excluding hydrogens is 566 g/mol. The highest BCUT2D eigenvalue weighted by Gasteiger charge is 2.35. The summed E-state index contributed by atoms with van der Waals surface area (Å²) in [5.41, 5.74) is 1.03. The molecule has 43 heavy (non-hydrogen) atoms. The maximum atomic E-state index is 14.3. The molecule has 4 rings (SSSR count). The molecule has 230 valence electrons. The van der Waals surface area contributed by atoms with Gasteiger partial charge in [0.05, 0.1) is 24.3 Å². The Morgan fingerprint density at radius 2 is 1.58 bits per heavy atom. The Hall–Kier alpha value is -4.05. The van der Waals surface area contributed by atoms with Crippen LogP contribution in [0.5, 0.6) is 11.5 Å². The number of carbonyl (C=O) groups excluding carboxylic acids is 2. The average Bonchev–Trinajstić information content (AvgIpc) is 3.54. The number of carbonyl (C=O) groups is 2. The van der Waals surface area contributed by atoms with E-state index in [-0.39, 0.29) is 29.1 Å². The van der Waals surface area contributed by atoms with Crippen LogP contribution >= 0.6 is 0 Å². The second kappa shape index (κ2) is 14.9. The normalized spacial score (nSPS) is 14.1. The van der Waals surface area contributed by atoms with Gasteiger partial charge in [-0.3, -0.25) is 13.9 Å². The predicted molar refractivity (Wildman–Crippen MR) is 167 cm³/mol. The topological polar surface area (TPSA) is 105 Å². The molecule has 0 heterocycles. The van der Waals surface area contributed by atoms with Crippen LogP contribution in [0.4, 0.5) is 5.69 Å². The molecule has 1 saturated carbocycles. The first kappa shape index (κ1) is 31.9. The van der Waals surface area contributed by atoms with E-state index in [1.54, 1.807) is 61.7 Å². The largest absolute Gasteiger partial charge is 0.497 e. The molecule has 0 bridgehead atoms. The lowest BCUT2D eigenvalue weighted by Crippen LogP contribution is -2.53. The fourth-order valence-electron chi connectivity index (χ4n) is 5.39. The molecule has 1 unspecified atom stereocenters. The highest BCUT2D eigenvalue weighted by molar-refractivity contribution is 7.92. The van der Waals surface area contributed by atoms with E-state index in [1.807, 2.05) is 26.0 Å². The summed E-state index contributed by atoms with van der Waals surface area (Å²) in [5, 5.41) is 3.13. The molecule has 10 heteroatoms. The SMILES string of the molecule is CCOc1ccccc1N(CC(=O)N(Cc1ccc(OC)cc1)C(CC)C(=O)NC1CCCC1)S(=O)(=O)c1ccccc1. The van der Waals surface area contributed by atoms with Gasteiger partial charge in [-0.05, 0) is 68.1 Å². The van der Waals surface area contributed by atoms with Crippen molar-refractivity contribution in [1.29, 1.82) is 0 Å². The fourth-order valence-corrected chi connectivity index (χ4v) is 6.83. The maximum absolute atomic E-state index is 14.3. The van der Waals surface area contributed by atoms with Crippen molar-refractivity contribution in [1.82, 2.24) is 10.2 Å². The van der Waals surface area contributed by atoms with Crippen LogP contribution in [0.2, 0.25) is 0 Å². The first-order valence-corrected chi connectivity index (χ1v) is 16.2. The van der Waals surface area contributed by atoms with Gasteiger partial charge in [0.15, 0.2) is 0 Å². The number of amides is 2. The number of sulfonamides is 1. The molecule has 0 aliphatic heterocycles. The van der Waals surface area contributed by atoms with E-state index in [9.17, 15) is 18.0 Å². The number of benzene rings is 3. The molecule has 2 amide bonds. The number of para-hydroxylation sites is 2. The van der Waals surface area contributed by atoms with E-state index in [0.29, 0.717) is 24.5 Å². The van der Waals surface area contributed by atoms with Gasteiger partial charge >= 0.3 is 0 Å². The number of hydrogen-bond acceptors (Lipinski definition) is 6. The number of rotatable bonds is 14. The van der Waals surface area contributed by atoms with Crippen molar-refractivity contribution in [2.45, 2.75) is 69.5 Å². The van der Waals surface area contributed by atoms with Crippen molar-refractivity contribution in [3.05, 3.63) is 84.4 Å². The second-order valence-electron chi connectivity index (χ2n) is 10.5. The van der Waals surface area contributed by atoms with Crippen LogP contribution in [0.1, 0.15) is 51.5 Å². The number of nitrogens with one attached hydrogen (secondary N) is 1. The summed E-state index contributed by atoms with van der Waals surface area (Å²) in [7, 11) is -2.61. The van der Waals surface area contributed by atoms with Crippen LogP contribution in [-0.2, 0) is 26.2 Å². The standard InChI is InChI=1S/C33H41N3O6S/c1-4-29(33(38)34-26-13-9-10-14-26)35(23-25-19-21-27(41-3)22-20-25)32(37)24-36(30-17-11-12-18-31(30)42-5-2)43(39,40)28-15-7-6-8-16-28/h6-8,11-12,15-22,26,29H,4-5,9-10,13-14,23-24H2,1-3H3,(H,34,38). The number of anilines is 1. The predicted octanol–water partition coefficient (Wildman–Crippen LogP) is 5.16. The summed E-state index contributed by atoms with van der Waals surface area (Å²) in [6, 6.07) is 21.3. The lowest BCUT2D eigenvalue weighted by atomic mass is 10.1. The average molecular weight is 608 g/mol. The minimum Gasteiger partial charge on any atom is -0.497 e. The fraction of sp³-hybridized carbons (Fsp3) is 0.394. The van der Waals surface area contributed by atoms with Gasteiger partial charge in [0, 0.05) is 12.6 Å². The Morgan fingerprint density at radius 3 is 2.21 bits per heavy atom. The lowest BCUT2D eigenvalue weighted by Gasteiger charge is -2.34. The van der Waals surface area contributed by atoms with E-state index in [0.717, 1.165) is 35.6 Å². The molecule has 9 nitrogen and oxygen atoms in total. The zero-order chi connectivity index (χ0) is 30.8. The van der Waals surface area contributed by atoms with E-state index in [2.05, 4.69) is 5.32 Å². The Balaban J connectivity index is 1.74. The molecule has 1 aliphatic carbocycles. The highest BCUT2D eigenvalue weighted by Crippen LogP contribution is 2.33. The zero-order valence-electron chi connectivity index (χ0n) is 25.1. The van der Waals surface area contributed by atoms with Crippen LogP contribution in [0.15, 0.2) is 83.8 Å². The van der Waals surface area contributed by atoms with Crippen molar-refractivity contribution in [2.75, 3.05) is 24.6 Å². The van der Waals surface area contributed by atoms with Gasteiger partial charge in [0.25, 0.3) is 10.0 Å². The molecule has 1 aliphatic rings. The molecule has 3 aromatic carbocycles. The molecule has 0 spiro atoms. The third-order valence-electron chi connectivity index (χ3n) is 7.64. The first-order chi connectivity index (χ1) is 20.8. The van der Waals surface area contributed by atoms with Gasteiger partial charge in [0.2, 0.25) is 11.8 Å². The van der Waals surface area contributed by atoms with Crippen molar-refractivity contribution in [3.8, 4) is 11.5 Å². The van der Waals surface area contributed by atoms with Gasteiger partial charge in [-0.15, -0.1) is 0 Å². The minimum absolute atomic E-state index is 0.0434. The number of ether oxygens (including phenoxy) is 2. The first-order valence-electron chi connectivity index (χ1n) is 14.8. The van der Waals surface area contributed by atoms with Crippen LogP contribution < -0.4 is 19.1 Å². The smallest absolute Gasteiger partial charge is 0.264 e. The van der Waals surface area contributed by atoms with E-state index < -0.39 is 28.5 Å². The Labute approximate surface area is 254 Å². The summed E-state index contributed by atoms with van der Waals surface area (Å²) >= 11 is 0. The lowest BCUT2D eigenvalue weighted by molar-refractivity contribution is -0.140. The summed E-state index contributed by atoms with van der Waals surface area (Å²) in [6.45, 7) is 3.57. The summed E-state index contributed by atoms with van der Waals surface area (Å²) in [4.78, 5) is 29.5. The maximum Gasteiger partial charge on any atom is 0.264 e. The molecule has 0 saturated heterocycles. The molecule has 1 N–H and O–H groups in total. The molecule has 1 atom stereocenters. The molecule has 0 aromatic heterocycles. The number of nitrogens with zero attached hydrogens (tertiary/aromatic N) is 2. The molecule has 0 radical (unpaired) electrons. The van der Waals surface area contributed by atoms with Crippen molar-refractivity contribution >= 4 is 27.5 Å². The monoisotopic (exact) mass is 607 g/mol. The molecule has 1 fully saturated rings. The molecule has 3 aromatic rings. The van der Waals surface area contributed by atoms with E-state index in [1.165, 1.54) is 17.0 Å². The van der Waals surface area contributed by atoms with Gasteiger partial charge < -0.3 is 19.7 Å². The van der Waals surface area contributed by atoms with Crippen LogP contribution in [0, 0.1) is 0 Å². The van der Waals surface area contributed by atoms with Crippen LogP contribution in [0.3, 0.4) is 0 Å². The minimum atomic E-state index is -4.19. The highest BCUT2D eigenvalue weighted by atomic mass is 32.2. The van der Waals surface area contributed by atoms with E-state index >= 15 is 0 Å². The van der Waals surface area contributed by atoms with Gasteiger partial charge in [-0.1, -0.05) is 62.2 Å². The Morgan fingerprint density at radius 1 is 0.930 bits per heavy atom. The van der Waals surface area contributed by atoms with Crippen LogP contribution in [0.25, 0.3) is 0 Å². The van der Waals surface area contributed by atoms with Gasteiger partial charge in [0.1, 0.15) is 24.1 Å². The quantitative estimate of drug-likeness (QED) is 0.272. The number of hydrogen-bond donors (Lipinski definition) is 1. The third kappa shape index (κ3) is 7.87. The second-order valence-corrected chi connectivity index (χ2v) is 12.4. The van der Waals surface area contributed by atoms with Crippen molar-refractivity contribution in [2.24, 2.45) is 0 Å². The third-order valence-corrected chi connectivity index (χ3v) is 9.42. The summed E-state index contributed by atoms with van der Waals surface area (Å²) < 4.78 is 40.3.